The molecule has 4 heteroatoms. The van der Waals surface area contributed by atoms with Crippen molar-refractivity contribution in [1.29, 1.82) is 0 Å². The van der Waals surface area contributed by atoms with Crippen LogP contribution in [-0.4, -0.2) is 11.9 Å². The van der Waals surface area contributed by atoms with Crippen LogP contribution in [0.1, 0.15) is 13.8 Å². The number of hydrogen-bond donors (Lipinski definition) is 0. The maximum absolute atomic E-state index is 11.0. The van der Waals surface area contributed by atoms with Gasteiger partial charge in [-0.15, -0.1) is 0 Å². The van der Waals surface area contributed by atoms with Crippen molar-refractivity contribution in [3.05, 3.63) is 49.0 Å². The zero-order chi connectivity index (χ0) is 12.6. The van der Waals surface area contributed by atoms with Crippen LogP contribution in [0.5, 0.6) is 0 Å². The maximum Gasteiger partial charge on any atom is 0.335 e. The second-order valence-corrected chi connectivity index (χ2v) is 2.56. The standard InChI is InChI=1S/C12H14O4/c1-5-9(15-11(13)7-3)10(6-2)16-12(14)8-4/h5-8H,3-4H2,1-2H3. The van der Waals surface area contributed by atoms with Crippen LogP contribution < -0.4 is 0 Å². The maximum atomic E-state index is 11.0. The zero-order valence-electron chi connectivity index (χ0n) is 9.36. The summed E-state index contributed by atoms with van der Waals surface area (Å²) in [4.78, 5) is 22.0. The average molecular weight is 222 g/mol. The van der Waals surface area contributed by atoms with Crippen LogP contribution in [0.3, 0.4) is 0 Å². The second kappa shape index (κ2) is 7.23. The van der Waals surface area contributed by atoms with E-state index in [0.29, 0.717) is 0 Å². The molecule has 0 aromatic heterocycles. The van der Waals surface area contributed by atoms with Crippen molar-refractivity contribution in [2.24, 2.45) is 0 Å². The first-order valence-corrected chi connectivity index (χ1v) is 4.60. The van der Waals surface area contributed by atoms with Gasteiger partial charge in [-0.2, -0.15) is 0 Å². The number of hydrogen-bond acceptors (Lipinski definition) is 4. The molecule has 0 bridgehead atoms. The lowest BCUT2D eigenvalue weighted by atomic mass is 10.3. The van der Waals surface area contributed by atoms with Crippen molar-refractivity contribution < 1.29 is 19.1 Å². The van der Waals surface area contributed by atoms with E-state index in [4.69, 9.17) is 9.47 Å². The fraction of sp³-hybridized carbons (Fsp3) is 0.167. The molecule has 0 saturated heterocycles. The molecule has 4 nitrogen and oxygen atoms in total. The van der Waals surface area contributed by atoms with Gasteiger partial charge in [-0.3, -0.25) is 0 Å². The largest absolute Gasteiger partial charge is 0.420 e. The molecule has 0 N–H and O–H groups in total. The summed E-state index contributed by atoms with van der Waals surface area (Å²) >= 11 is 0. The Morgan fingerprint density at radius 1 is 0.875 bits per heavy atom. The molecular formula is C12H14O4. The Bertz CT molecular complexity index is 325. The summed E-state index contributed by atoms with van der Waals surface area (Å²) in [7, 11) is 0. The van der Waals surface area contributed by atoms with Crippen molar-refractivity contribution in [2.75, 3.05) is 0 Å². The fourth-order valence-electron chi connectivity index (χ4n) is 0.803. The molecule has 16 heavy (non-hydrogen) atoms. The lowest BCUT2D eigenvalue weighted by Crippen LogP contribution is -2.08. The topological polar surface area (TPSA) is 52.6 Å². The summed E-state index contributed by atoms with van der Waals surface area (Å²) < 4.78 is 9.74. The number of allylic oxidation sites excluding steroid dienone is 2. The van der Waals surface area contributed by atoms with Gasteiger partial charge in [-0.1, -0.05) is 13.2 Å². The van der Waals surface area contributed by atoms with E-state index in [1.807, 2.05) is 0 Å². The van der Waals surface area contributed by atoms with Crippen LogP contribution in [0.4, 0.5) is 0 Å². The molecule has 0 atom stereocenters. The minimum atomic E-state index is -0.623. The molecule has 0 radical (unpaired) electrons. The third-order valence-electron chi connectivity index (χ3n) is 1.52. The van der Waals surface area contributed by atoms with Crippen molar-refractivity contribution in [3.8, 4) is 0 Å². The van der Waals surface area contributed by atoms with Crippen LogP contribution in [-0.2, 0) is 19.1 Å². The summed E-state index contributed by atoms with van der Waals surface area (Å²) in [5.41, 5.74) is 0. The molecule has 0 rings (SSSR count). The number of esters is 2. The van der Waals surface area contributed by atoms with Gasteiger partial charge < -0.3 is 9.47 Å². The van der Waals surface area contributed by atoms with E-state index in [1.54, 1.807) is 13.8 Å². The van der Waals surface area contributed by atoms with Crippen LogP contribution in [0.15, 0.2) is 49.0 Å². The molecule has 0 spiro atoms. The van der Waals surface area contributed by atoms with E-state index < -0.39 is 11.9 Å². The van der Waals surface area contributed by atoms with Gasteiger partial charge in [0.2, 0.25) is 0 Å². The lowest BCUT2D eigenvalue weighted by Gasteiger charge is -2.09. The first kappa shape index (κ1) is 13.9. The van der Waals surface area contributed by atoms with Gasteiger partial charge >= 0.3 is 11.9 Å². The Hall–Kier alpha value is -2.10. The SMILES string of the molecule is C=CC(=O)OC(=CC)C(=CC)OC(=O)C=C. The van der Waals surface area contributed by atoms with Gasteiger partial charge in [0.1, 0.15) is 0 Å². The molecule has 0 aliphatic rings. The lowest BCUT2D eigenvalue weighted by molar-refractivity contribution is -0.138. The predicted molar refractivity (Wildman–Crippen MR) is 60.1 cm³/mol. The molecule has 0 aliphatic carbocycles. The van der Waals surface area contributed by atoms with Crippen molar-refractivity contribution >= 4 is 11.9 Å². The van der Waals surface area contributed by atoms with Crippen molar-refractivity contribution in [2.45, 2.75) is 13.8 Å². The Morgan fingerprint density at radius 3 is 1.38 bits per heavy atom. The first-order valence-electron chi connectivity index (χ1n) is 4.60. The molecule has 0 fully saturated rings. The highest BCUT2D eigenvalue weighted by Gasteiger charge is 2.12. The molecule has 0 aromatic carbocycles. The zero-order valence-corrected chi connectivity index (χ0v) is 9.36. The van der Waals surface area contributed by atoms with Gasteiger partial charge in [-0.05, 0) is 26.0 Å². The van der Waals surface area contributed by atoms with Gasteiger partial charge in [-0.25, -0.2) is 9.59 Å². The molecule has 86 valence electrons. The molecular weight excluding hydrogens is 208 g/mol. The first-order chi connectivity index (χ1) is 7.58. The van der Waals surface area contributed by atoms with E-state index in [0.717, 1.165) is 12.2 Å². The highest BCUT2D eigenvalue weighted by atomic mass is 16.6. The number of carbonyl (C=O) groups excluding carboxylic acids is 2. The Kier molecular flexibility index (Phi) is 6.28. The fourth-order valence-corrected chi connectivity index (χ4v) is 0.803. The van der Waals surface area contributed by atoms with Gasteiger partial charge in [0.15, 0.2) is 11.5 Å². The van der Waals surface area contributed by atoms with E-state index in [-0.39, 0.29) is 11.5 Å². The van der Waals surface area contributed by atoms with E-state index >= 15 is 0 Å². The average Bonchev–Trinajstić information content (AvgIpc) is 2.32. The normalized spacial score (nSPS) is 11.6. The number of ether oxygens (including phenoxy) is 2. The summed E-state index contributed by atoms with van der Waals surface area (Å²) in [6.07, 6.45) is 5.05. The van der Waals surface area contributed by atoms with Gasteiger partial charge in [0.25, 0.3) is 0 Å². The van der Waals surface area contributed by atoms with E-state index in [2.05, 4.69) is 13.2 Å². The highest BCUT2D eigenvalue weighted by molar-refractivity contribution is 5.84. The molecule has 0 amide bonds. The smallest absolute Gasteiger partial charge is 0.335 e. The van der Waals surface area contributed by atoms with Crippen LogP contribution in [0.25, 0.3) is 0 Å². The quantitative estimate of drug-likeness (QED) is 0.310. The summed E-state index contributed by atoms with van der Waals surface area (Å²) in [5.74, 6) is -0.936. The molecule has 0 saturated carbocycles. The van der Waals surface area contributed by atoms with E-state index in [1.165, 1.54) is 12.2 Å². The minimum Gasteiger partial charge on any atom is -0.420 e. The molecule has 0 aliphatic heterocycles. The van der Waals surface area contributed by atoms with Crippen LogP contribution >= 0.6 is 0 Å². The van der Waals surface area contributed by atoms with Gasteiger partial charge in [0, 0.05) is 12.2 Å². The Labute approximate surface area is 94.5 Å². The number of rotatable bonds is 5. The van der Waals surface area contributed by atoms with Crippen LogP contribution in [0, 0.1) is 0 Å². The Morgan fingerprint density at radius 2 is 1.19 bits per heavy atom. The third kappa shape index (κ3) is 4.41. The van der Waals surface area contributed by atoms with E-state index in [9.17, 15) is 9.59 Å². The predicted octanol–water partition coefficient (Wildman–Crippen LogP) is 2.25. The van der Waals surface area contributed by atoms with Crippen molar-refractivity contribution in [1.82, 2.24) is 0 Å². The molecule has 0 unspecified atom stereocenters. The monoisotopic (exact) mass is 222 g/mol. The second-order valence-electron chi connectivity index (χ2n) is 2.56. The molecule has 0 aromatic rings. The number of carbonyl (C=O) groups is 2. The Balaban J connectivity index is 4.79. The highest BCUT2D eigenvalue weighted by Crippen LogP contribution is 2.14. The van der Waals surface area contributed by atoms with Crippen LogP contribution in [0.2, 0.25) is 0 Å². The third-order valence-corrected chi connectivity index (χ3v) is 1.52. The van der Waals surface area contributed by atoms with Crippen molar-refractivity contribution in [3.63, 3.8) is 0 Å². The molecule has 0 heterocycles. The summed E-state index contributed by atoms with van der Waals surface area (Å²) in [5, 5.41) is 0. The summed E-state index contributed by atoms with van der Waals surface area (Å²) in [6.45, 7) is 9.83. The summed E-state index contributed by atoms with van der Waals surface area (Å²) in [6, 6.07) is 0. The van der Waals surface area contributed by atoms with Gasteiger partial charge in [0.05, 0.1) is 0 Å². The minimum absolute atomic E-state index is 0.155.